The molecule has 0 saturated heterocycles. The summed E-state index contributed by atoms with van der Waals surface area (Å²) in [7, 11) is 0. The molecule has 2 aliphatic carbocycles. The van der Waals surface area contributed by atoms with E-state index in [9.17, 15) is 0 Å². The van der Waals surface area contributed by atoms with Gasteiger partial charge in [-0.15, -0.1) is 0 Å². The fraction of sp³-hybridized carbons (Fsp3) is 1.00. The van der Waals surface area contributed by atoms with Crippen LogP contribution in [-0.2, 0) is 0 Å². The zero-order valence-electron chi connectivity index (χ0n) is 10.5. The predicted molar refractivity (Wildman–Crippen MR) is 62.0 cm³/mol. The largest absolute Gasteiger partial charge is 0.0683 e. The number of hydrogen-bond acceptors (Lipinski definition) is 0. The monoisotopic (exact) mass is 184 g/mol. The lowest BCUT2D eigenvalue weighted by Crippen LogP contribution is -2.47. The van der Waals surface area contributed by atoms with Gasteiger partial charge in [0.2, 0.25) is 0 Å². The van der Waals surface area contributed by atoms with Crippen molar-refractivity contribution in [3.8, 4) is 0 Å². The Balaban J connectivity index is 0.000000322. The fourth-order valence-corrected chi connectivity index (χ4v) is 3.01. The first kappa shape index (κ1) is 13.0. The van der Waals surface area contributed by atoms with Gasteiger partial charge in [-0.2, -0.15) is 0 Å². The van der Waals surface area contributed by atoms with Crippen LogP contribution in [0.15, 0.2) is 0 Å². The van der Waals surface area contributed by atoms with E-state index >= 15 is 0 Å². The van der Waals surface area contributed by atoms with E-state index in [-0.39, 0.29) is 0 Å². The molecule has 80 valence electrons. The van der Waals surface area contributed by atoms with Crippen LogP contribution in [0.2, 0.25) is 0 Å². The van der Waals surface area contributed by atoms with Crippen LogP contribution in [0.5, 0.6) is 0 Å². The molecular weight excluding hydrogens is 156 g/mol. The van der Waals surface area contributed by atoms with Crippen molar-refractivity contribution in [2.24, 2.45) is 10.8 Å². The van der Waals surface area contributed by atoms with Crippen LogP contribution >= 0.6 is 0 Å². The van der Waals surface area contributed by atoms with Crippen LogP contribution in [0.1, 0.15) is 73.6 Å². The van der Waals surface area contributed by atoms with E-state index in [1.165, 1.54) is 32.1 Å². The maximum atomic E-state index is 2.40. The lowest BCUT2D eigenvalue weighted by molar-refractivity contribution is -0.0751. The van der Waals surface area contributed by atoms with Gasteiger partial charge in [-0.25, -0.2) is 0 Å². The molecule has 0 amide bonds. The molecule has 0 bridgehead atoms. The molecular formula is C13H28. The molecule has 0 radical (unpaired) electrons. The van der Waals surface area contributed by atoms with Gasteiger partial charge in [0.15, 0.2) is 0 Å². The second-order valence-electron chi connectivity index (χ2n) is 4.87. The Morgan fingerprint density at radius 1 is 0.769 bits per heavy atom. The number of hydrogen-bond donors (Lipinski definition) is 0. The second kappa shape index (κ2) is 5.02. The van der Waals surface area contributed by atoms with Crippen LogP contribution in [-0.4, -0.2) is 0 Å². The van der Waals surface area contributed by atoms with Gasteiger partial charge < -0.3 is 0 Å². The Morgan fingerprint density at radius 2 is 1.15 bits per heavy atom. The Bertz CT molecular complexity index is 119. The Kier molecular flexibility index (Phi) is 5.02. The minimum atomic E-state index is 0.709. The summed E-state index contributed by atoms with van der Waals surface area (Å²) in [5.74, 6) is 0. The van der Waals surface area contributed by atoms with Gasteiger partial charge in [0, 0.05) is 0 Å². The average Bonchev–Trinajstić information content (AvgIpc) is 2.04. The van der Waals surface area contributed by atoms with Gasteiger partial charge in [0.1, 0.15) is 0 Å². The van der Waals surface area contributed by atoms with E-state index in [0.717, 1.165) is 5.41 Å². The highest BCUT2D eigenvalue weighted by Gasteiger charge is 2.51. The first-order chi connectivity index (χ1) is 6.12. The molecule has 0 unspecified atom stereocenters. The summed E-state index contributed by atoms with van der Waals surface area (Å²) in [4.78, 5) is 0. The molecule has 2 rings (SSSR count). The molecule has 0 heterocycles. The van der Waals surface area contributed by atoms with Gasteiger partial charge in [0.25, 0.3) is 0 Å². The molecule has 0 aromatic rings. The first-order valence-electron chi connectivity index (χ1n) is 6.12. The molecule has 0 heteroatoms. The minimum Gasteiger partial charge on any atom is -0.0683 e. The summed E-state index contributed by atoms with van der Waals surface area (Å²) in [6, 6.07) is 0. The standard InChI is InChI=1S/C9H16.2C2H6/c1-8(2)6-9(7-8)4-3-5-9;2*1-2/h3-7H2,1-2H3;2*1-2H3. The summed E-state index contributed by atoms with van der Waals surface area (Å²) >= 11 is 0. The van der Waals surface area contributed by atoms with E-state index < -0.39 is 0 Å². The zero-order chi connectivity index (χ0) is 10.5. The quantitative estimate of drug-likeness (QED) is 0.495. The predicted octanol–water partition coefficient (Wildman–Crippen LogP) is 5.03. The molecule has 2 fully saturated rings. The average molecular weight is 184 g/mol. The summed E-state index contributed by atoms with van der Waals surface area (Å²) < 4.78 is 0. The van der Waals surface area contributed by atoms with Crippen molar-refractivity contribution in [3.63, 3.8) is 0 Å². The Morgan fingerprint density at radius 3 is 1.23 bits per heavy atom. The highest BCUT2D eigenvalue weighted by molar-refractivity contribution is 5.02. The van der Waals surface area contributed by atoms with E-state index in [2.05, 4.69) is 13.8 Å². The zero-order valence-corrected chi connectivity index (χ0v) is 10.5. The number of rotatable bonds is 0. The van der Waals surface area contributed by atoms with Crippen LogP contribution in [0.4, 0.5) is 0 Å². The Hall–Kier alpha value is 0. The molecule has 0 N–H and O–H groups in total. The van der Waals surface area contributed by atoms with Crippen molar-refractivity contribution < 1.29 is 0 Å². The third-order valence-electron chi connectivity index (χ3n) is 3.12. The van der Waals surface area contributed by atoms with E-state index in [0.29, 0.717) is 5.41 Å². The maximum Gasteiger partial charge on any atom is -0.0287 e. The third-order valence-corrected chi connectivity index (χ3v) is 3.12. The normalized spacial score (nSPS) is 25.4. The molecule has 0 atom stereocenters. The summed E-state index contributed by atoms with van der Waals surface area (Å²) in [6.07, 6.45) is 7.61. The van der Waals surface area contributed by atoms with Crippen LogP contribution in [0.3, 0.4) is 0 Å². The lowest BCUT2D eigenvalue weighted by atomic mass is 9.46. The molecule has 0 aromatic carbocycles. The highest BCUT2D eigenvalue weighted by Crippen LogP contribution is 2.63. The summed E-state index contributed by atoms with van der Waals surface area (Å²) in [5.41, 5.74) is 1.59. The maximum absolute atomic E-state index is 2.40. The first-order valence-corrected chi connectivity index (χ1v) is 6.12. The molecule has 2 saturated carbocycles. The summed E-state index contributed by atoms with van der Waals surface area (Å²) in [5, 5.41) is 0. The smallest absolute Gasteiger partial charge is 0.0287 e. The van der Waals surface area contributed by atoms with Crippen molar-refractivity contribution >= 4 is 0 Å². The fourth-order valence-electron chi connectivity index (χ4n) is 3.01. The lowest BCUT2D eigenvalue weighted by Gasteiger charge is -2.59. The van der Waals surface area contributed by atoms with Crippen molar-refractivity contribution in [3.05, 3.63) is 0 Å². The van der Waals surface area contributed by atoms with Crippen LogP contribution in [0, 0.1) is 10.8 Å². The van der Waals surface area contributed by atoms with Crippen LogP contribution in [0.25, 0.3) is 0 Å². The van der Waals surface area contributed by atoms with Gasteiger partial charge in [-0.05, 0) is 36.5 Å². The van der Waals surface area contributed by atoms with E-state index in [1.807, 2.05) is 27.7 Å². The SMILES string of the molecule is CC.CC.CC1(C)CC2(CCC2)C1. The van der Waals surface area contributed by atoms with Crippen LogP contribution < -0.4 is 0 Å². The van der Waals surface area contributed by atoms with Crippen molar-refractivity contribution in [2.75, 3.05) is 0 Å². The van der Waals surface area contributed by atoms with Crippen molar-refractivity contribution in [1.29, 1.82) is 0 Å². The molecule has 1 spiro atoms. The molecule has 0 aliphatic heterocycles. The minimum absolute atomic E-state index is 0.709. The molecule has 0 aromatic heterocycles. The second-order valence-corrected chi connectivity index (χ2v) is 4.87. The van der Waals surface area contributed by atoms with Crippen molar-refractivity contribution in [2.45, 2.75) is 73.6 Å². The van der Waals surface area contributed by atoms with E-state index in [1.54, 1.807) is 0 Å². The van der Waals surface area contributed by atoms with Gasteiger partial charge in [-0.3, -0.25) is 0 Å². The van der Waals surface area contributed by atoms with E-state index in [4.69, 9.17) is 0 Å². The van der Waals surface area contributed by atoms with Gasteiger partial charge in [-0.1, -0.05) is 48.0 Å². The summed E-state index contributed by atoms with van der Waals surface area (Å²) in [6.45, 7) is 12.8. The third kappa shape index (κ3) is 3.00. The molecule has 0 nitrogen and oxygen atoms in total. The topological polar surface area (TPSA) is 0 Å². The van der Waals surface area contributed by atoms with Crippen molar-refractivity contribution in [1.82, 2.24) is 0 Å². The highest BCUT2D eigenvalue weighted by atomic mass is 14.6. The Labute approximate surface area is 85.1 Å². The molecule has 13 heavy (non-hydrogen) atoms. The van der Waals surface area contributed by atoms with Gasteiger partial charge in [0.05, 0.1) is 0 Å². The van der Waals surface area contributed by atoms with Gasteiger partial charge >= 0.3 is 0 Å². The molecule has 2 aliphatic rings.